The molecular formula is C10H21NO4. The van der Waals surface area contributed by atoms with Gasteiger partial charge in [-0.3, -0.25) is 4.90 Å². The number of hydrogen-bond donors (Lipinski definition) is 3. The van der Waals surface area contributed by atoms with Gasteiger partial charge in [0.1, 0.15) is 0 Å². The summed E-state index contributed by atoms with van der Waals surface area (Å²) in [5, 5.41) is 28.3. The highest BCUT2D eigenvalue weighted by Crippen LogP contribution is 2.14. The Morgan fingerprint density at radius 3 is 2.07 bits per heavy atom. The number of rotatable bonds is 5. The summed E-state index contributed by atoms with van der Waals surface area (Å²) in [4.78, 5) is 1.88. The Labute approximate surface area is 90.3 Å². The van der Waals surface area contributed by atoms with Gasteiger partial charge in [0.2, 0.25) is 0 Å². The summed E-state index contributed by atoms with van der Waals surface area (Å²) in [5.74, 6) is 0. The highest BCUT2D eigenvalue weighted by Gasteiger charge is 2.32. The summed E-state index contributed by atoms with van der Waals surface area (Å²) >= 11 is 0. The lowest BCUT2D eigenvalue weighted by Gasteiger charge is -2.31. The zero-order chi connectivity index (χ0) is 11.4. The van der Waals surface area contributed by atoms with E-state index in [0.29, 0.717) is 26.3 Å². The second kappa shape index (κ2) is 5.77. The largest absolute Gasteiger partial charge is 0.392 e. The van der Waals surface area contributed by atoms with E-state index in [9.17, 15) is 15.3 Å². The number of nitrogens with zero attached hydrogens (tertiary/aromatic N) is 1. The van der Waals surface area contributed by atoms with Crippen molar-refractivity contribution in [1.82, 2.24) is 4.90 Å². The molecule has 0 saturated carbocycles. The molecule has 15 heavy (non-hydrogen) atoms. The van der Waals surface area contributed by atoms with Crippen LogP contribution >= 0.6 is 0 Å². The Kier molecular flexibility index (Phi) is 4.95. The summed E-state index contributed by atoms with van der Waals surface area (Å²) in [6.45, 7) is 5.06. The molecule has 0 aromatic rings. The fourth-order valence-corrected chi connectivity index (χ4v) is 1.90. The molecule has 0 aromatic carbocycles. The molecule has 90 valence electrons. The SMILES string of the molecule is CC(O)CN(CC(C)O)[C@@H]1COC[C@H]1O. The summed E-state index contributed by atoms with van der Waals surface area (Å²) < 4.78 is 5.16. The normalized spacial score (nSPS) is 30.8. The van der Waals surface area contributed by atoms with Gasteiger partial charge in [0.25, 0.3) is 0 Å². The van der Waals surface area contributed by atoms with Crippen molar-refractivity contribution in [1.29, 1.82) is 0 Å². The molecule has 0 radical (unpaired) electrons. The third-order valence-corrected chi connectivity index (χ3v) is 2.49. The molecule has 1 aliphatic heterocycles. The smallest absolute Gasteiger partial charge is 0.0950 e. The molecule has 0 bridgehead atoms. The van der Waals surface area contributed by atoms with E-state index in [0.717, 1.165) is 0 Å². The molecule has 0 aliphatic carbocycles. The van der Waals surface area contributed by atoms with Crippen LogP contribution in [0.2, 0.25) is 0 Å². The van der Waals surface area contributed by atoms with Crippen molar-refractivity contribution >= 4 is 0 Å². The van der Waals surface area contributed by atoms with Gasteiger partial charge in [-0.2, -0.15) is 0 Å². The average Bonchev–Trinajstić information content (AvgIpc) is 2.48. The maximum absolute atomic E-state index is 9.66. The van der Waals surface area contributed by atoms with E-state index in [4.69, 9.17) is 4.74 Å². The fourth-order valence-electron chi connectivity index (χ4n) is 1.90. The van der Waals surface area contributed by atoms with Crippen LogP contribution in [0.1, 0.15) is 13.8 Å². The highest BCUT2D eigenvalue weighted by atomic mass is 16.5. The molecule has 1 aliphatic rings. The van der Waals surface area contributed by atoms with E-state index in [1.54, 1.807) is 13.8 Å². The van der Waals surface area contributed by atoms with Crippen molar-refractivity contribution in [3.05, 3.63) is 0 Å². The molecular weight excluding hydrogens is 198 g/mol. The maximum Gasteiger partial charge on any atom is 0.0950 e. The molecule has 4 atom stereocenters. The minimum atomic E-state index is -0.525. The van der Waals surface area contributed by atoms with Crippen molar-refractivity contribution in [3.63, 3.8) is 0 Å². The van der Waals surface area contributed by atoms with Gasteiger partial charge in [0, 0.05) is 13.1 Å². The van der Waals surface area contributed by atoms with Gasteiger partial charge in [-0.25, -0.2) is 0 Å². The quantitative estimate of drug-likeness (QED) is 0.542. The van der Waals surface area contributed by atoms with E-state index in [-0.39, 0.29) is 6.04 Å². The van der Waals surface area contributed by atoms with Crippen molar-refractivity contribution < 1.29 is 20.1 Å². The molecule has 0 amide bonds. The maximum atomic E-state index is 9.66. The van der Waals surface area contributed by atoms with Crippen LogP contribution in [-0.2, 0) is 4.74 Å². The predicted octanol–water partition coefficient (Wildman–Crippen LogP) is -1.19. The molecule has 1 rings (SSSR count). The fraction of sp³-hybridized carbons (Fsp3) is 1.00. The Morgan fingerprint density at radius 1 is 1.20 bits per heavy atom. The monoisotopic (exact) mass is 219 g/mol. The molecule has 0 aromatic heterocycles. The van der Waals surface area contributed by atoms with Crippen LogP contribution < -0.4 is 0 Å². The van der Waals surface area contributed by atoms with Crippen LogP contribution in [-0.4, -0.2) is 70.9 Å². The van der Waals surface area contributed by atoms with Gasteiger partial charge in [0.05, 0.1) is 37.6 Å². The summed E-state index contributed by atoms with van der Waals surface area (Å²) in [6, 6.07) is -0.116. The topological polar surface area (TPSA) is 73.2 Å². The minimum absolute atomic E-state index is 0.116. The second-order valence-corrected chi connectivity index (χ2v) is 4.32. The van der Waals surface area contributed by atoms with Crippen LogP contribution in [0.15, 0.2) is 0 Å². The molecule has 2 unspecified atom stereocenters. The van der Waals surface area contributed by atoms with Gasteiger partial charge < -0.3 is 20.1 Å². The first kappa shape index (κ1) is 12.9. The summed E-state index contributed by atoms with van der Waals surface area (Å²) in [7, 11) is 0. The zero-order valence-corrected chi connectivity index (χ0v) is 9.33. The van der Waals surface area contributed by atoms with E-state index in [1.165, 1.54) is 0 Å². The van der Waals surface area contributed by atoms with Crippen LogP contribution in [0, 0.1) is 0 Å². The van der Waals surface area contributed by atoms with Crippen molar-refractivity contribution in [3.8, 4) is 0 Å². The lowest BCUT2D eigenvalue weighted by atomic mass is 10.1. The highest BCUT2D eigenvalue weighted by molar-refractivity contribution is 4.85. The number of ether oxygens (including phenoxy) is 1. The Balaban J connectivity index is 2.53. The first-order valence-corrected chi connectivity index (χ1v) is 5.36. The average molecular weight is 219 g/mol. The van der Waals surface area contributed by atoms with Crippen LogP contribution in [0.25, 0.3) is 0 Å². The van der Waals surface area contributed by atoms with Crippen LogP contribution in [0.5, 0.6) is 0 Å². The lowest BCUT2D eigenvalue weighted by Crippen LogP contribution is -2.48. The first-order valence-electron chi connectivity index (χ1n) is 5.36. The zero-order valence-electron chi connectivity index (χ0n) is 9.33. The Hall–Kier alpha value is -0.200. The van der Waals surface area contributed by atoms with Gasteiger partial charge in [-0.15, -0.1) is 0 Å². The molecule has 0 spiro atoms. The number of aliphatic hydroxyl groups is 3. The molecule has 3 N–H and O–H groups in total. The number of aliphatic hydroxyl groups excluding tert-OH is 3. The molecule has 1 fully saturated rings. The predicted molar refractivity (Wildman–Crippen MR) is 55.5 cm³/mol. The third-order valence-electron chi connectivity index (χ3n) is 2.49. The lowest BCUT2D eigenvalue weighted by molar-refractivity contribution is 0.0226. The molecule has 1 saturated heterocycles. The Bertz CT molecular complexity index is 176. The van der Waals surface area contributed by atoms with Gasteiger partial charge in [-0.1, -0.05) is 0 Å². The van der Waals surface area contributed by atoms with Gasteiger partial charge in [-0.05, 0) is 13.8 Å². The van der Waals surface area contributed by atoms with Crippen LogP contribution in [0.4, 0.5) is 0 Å². The summed E-state index contributed by atoms with van der Waals surface area (Å²) in [6.07, 6.45) is -1.48. The second-order valence-electron chi connectivity index (χ2n) is 4.32. The van der Waals surface area contributed by atoms with Crippen molar-refractivity contribution in [2.75, 3.05) is 26.3 Å². The number of hydrogen-bond acceptors (Lipinski definition) is 5. The van der Waals surface area contributed by atoms with E-state index in [1.807, 2.05) is 4.90 Å². The minimum Gasteiger partial charge on any atom is -0.392 e. The van der Waals surface area contributed by atoms with Crippen LogP contribution in [0.3, 0.4) is 0 Å². The molecule has 1 heterocycles. The van der Waals surface area contributed by atoms with E-state index < -0.39 is 18.3 Å². The standard InChI is InChI=1S/C10H21NO4/c1-7(12)3-11(4-8(2)13)9-5-15-6-10(9)14/h7-10,12-14H,3-6H2,1-2H3/t7?,8?,9-,10-/m1/s1. The van der Waals surface area contributed by atoms with E-state index in [2.05, 4.69) is 0 Å². The van der Waals surface area contributed by atoms with Crippen molar-refractivity contribution in [2.45, 2.75) is 38.2 Å². The van der Waals surface area contributed by atoms with Gasteiger partial charge >= 0.3 is 0 Å². The molecule has 5 nitrogen and oxygen atoms in total. The first-order chi connectivity index (χ1) is 7.00. The Morgan fingerprint density at radius 2 is 1.73 bits per heavy atom. The van der Waals surface area contributed by atoms with Crippen molar-refractivity contribution in [2.24, 2.45) is 0 Å². The third kappa shape index (κ3) is 4.04. The van der Waals surface area contributed by atoms with E-state index >= 15 is 0 Å². The van der Waals surface area contributed by atoms with Gasteiger partial charge in [0.15, 0.2) is 0 Å². The molecule has 5 heteroatoms. The summed E-state index contributed by atoms with van der Waals surface area (Å²) in [5.41, 5.74) is 0.